The molecule has 0 saturated carbocycles. The third-order valence-electron chi connectivity index (χ3n) is 4.59. The highest BCUT2D eigenvalue weighted by atomic mass is 19.4. The molecule has 3 amide bonds. The van der Waals surface area contributed by atoms with Crippen molar-refractivity contribution in [1.82, 2.24) is 25.6 Å². The van der Waals surface area contributed by atoms with Gasteiger partial charge < -0.3 is 21.1 Å². The lowest BCUT2D eigenvalue weighted by molar-refractivity contribution is -0.123. The van der Waals surface area contributed by atoms with E-state index in [1.54, 1.807) is 5.32 Å². The van der Waals surface area contributed by atoms with E-state index in [2.05, 4.69) is 15.6 Å². The summed E-state index contributed by atoms with van der Waals surface area (Å²) in [6.07, 6.45) is -0.955. The molecule has 0 bridgehead atoms. The van der Waals surface area contributed by atoms with Gasteiger partial charge in [-0.15, -0.1) is 5.10 Å². The second-order valence-electron chi connectivity index (χ2n) is 7.45. The number of nitrogens with two attached hydrogens (primary N) is 1. The van der Waals surface area contributed by atoms with Crippen LogP contribution in [0.2, 0.25) is 0 Å². The molecule has 0 aliphatic carbocycles. The first-order chi connectivity index (χ1) is 16.6. The van der Waals surface area contributed by atoms with E-state index in [1.165, 1.54) is 29.1 Å². The Kier molecular flexibility index (Phi) is 10.4. The third-order valence-corrected chi connectivity index (χ3v) is 4.59. The molecular formula is C21H26F4N6O4. The first-order valence-corrected chi connectivity index (χ1v) is 10.8. The highest BCUT2D eigenvalue weighted by Gasteiger charge is 2.28. The average molecular weight is 502 g/mol. The molecule has 0 atom stereocenters. The van der Waals surface area contributed by atoms with Gasteiger partial charge in [-0.1, -0.05) is 11.6 Å². The minimum absolute atomic E-state index is 0.0134. The number of carbonyl (C=O) groups excluding carboxylic acids is 3. The molecule has 0 spiro atoms. The minimum Gasteiger partial charge on any atom is -0.491 e. The van der Waals surface area contributed by atoms with Crippen LogP contribution in [0.15, 0.2) is 24.4 Å². The summed E-state index contributed by atoms with van der Waals surface area (Å²) in [5.41, 5.74) is 5.16. The molecule has 2 rings (SSSR count). The van der Waals surface area contributed by atoms with Crippen LogP contribution in [0.25, 0.3) is 5.69 Å². The SMILES string of the molecule is NC(=O)CCNC(=O)c1cn(-c2ccc(C(=O)NCC(F)(F)F)cc2OCCCCCCF)nn1. The summed E-state index contributed by atoms with van der Waals surface area (Å²) in [5, 5.41) is 11.9. The van der Waals surface area contributed by atoms with Crippen molar-refractivity contribution >= 4 is 17.7 Å². The van der Waals surface area contributed by atoms with E-state index >= 15 is 0 Å². The van der Waals surface area contributed by atoms with E-state index in [-0.39, 0.29) is 42.3 Å². The van der Waals surface area contributed by atoms with Crippen LogP contribution in [0.5, 0.6) is 5.75 Å². The van der Waals surface area contributed by atoms with Gasteiger partial charge in [0, 0.05) is 18.5 Å². The van der Waals surface area contributed by atoms with Gasteiger partial charge in [-0.3, -0.25) is 18.8 Å². The van der Waals surface area contributed by atoms with E-state index in [0.29, 0.717) is 25.7 Å². The van der Waals surface area contributed by atoms with Crippen molar-refractivity contribution in [1.29, 1.82) is 0 Å². The summed E-state index contributed by atoms with van der Waals surface area (Å²) >= 11 is 0. The van der Waals surface area contributed by atoms with Crippen molar-refractivity contribution in [3.63, 3.8) is 0 Å². The highest BCUT2D eigenvalue weighted by Crippen LogP contribution is 2.25. The van der Waals surface area contributed by atoms with Crippen LogP contribution < -0.4 is 21.1 Å². The summed E-state index contributed by atoms with van der Waals surface area (Å²) in [6.45, 7) is -1.69. The second kappa shape index (κ2) is 13.2. The Morgan fingerprint density at radius 3 is 2.49 bits per heavy atom. The molecule has 4 N–H and O–H groups in total. The Balaban J connectivity index is 2.18. The number of carbonyl (C=O) groups is 3. The predicted octanol–water partition coefficient (Wildman–Crippen LogP) is 2.07. The zero-order valence-electron chi connectivity index (χ0n) is 18.7. The number of rotatable bonds is 14. The van der Waals surface area contributed by atoms with Crippen molar-refractivity contribution in [2.24, 2.45) is 5.73 Å². The first-order valence-electron chi connectivity index (χ1n) is 10.8. The van der Waals surface area contributed by atoms with Gasteiger partial charge in [0.2, 0.25) is 5.91 Å². The number of primary amides is 1. The molecule has 1 aromatic carbocycles. The fourth-order valence-electron chi connectivity index (χ4n) is 2.85. The van der Waals surface area contributed by atoms with Crippen LogP contribution in [0.1, 0.15) is 53.0 Å². The maximum absolute atomic E-state index is 12.4. The van der Waals surface area contributed by atoms with Gasteiger partial charge in [0.15, 0.2) is 5.69 Å². The van der Waals surface area contributed by atoms with E-state index in [1.807, 2.05) is 0 Å². The van der Waals surface area contributed by atoms with Crippen molar-refractivity contribution in [3.05, 3.63) is 35.7 Å². The normalized spacial score (nSPS) is 11.2. The lowest BCUT2D eigenvalue weighted by Crippen LogP contribution is -2.33. The Morgan fingerprint density at radius 2 is 1.80 bits per heavy atom. The molecule has 1 aromatic heterocycles. The third kappa shape index (κ3) is 9.59. The molecule has 0 fully saturated rings. The van der Waals surface area contributed by atoms with Gasteiger partial charge in [0.25, 0.3) is 11.8 Å². The van der Waals surface area contributed by atoms with Crippen LogP contribution in [0.3, 0.4) is 0 Å². The molecule has 14 heteroatoms. The second-order valence-corrected chi connectivity index (χ2v) is 7.45. The molecule has 10 nitrogen and oxygen atoms in total. The van der Waals surface area contributed by atoms with Gasteiger partial charge in [0.05, 0.1) is 19.5 Å². The zero-order chi connectivity index (χ0) is 25.8. The molecule has 35 heavy (non-hydrogen) atoms. The number of unbranched alkanes of at least 4 members (excludes halogenated alkanes) is 3. The number of amides is 3. The molecule has 0 aliphatic rings. The highest BCUT2D eigenvalue weighted by molar-refractivity contribution is 5.95. The maximum atomic E-state index is 12.4. The van der Waals surface area contributed by atoms with Crippen molar-refractivity contribution in [2.75, 3.05) is 26.4 Å². The van der Waals surface area contributed by atoms with E-state index < -0.39 is 37.1 Å². The molecule has 0 unspecified atom stereocenters. The number of hydrogen-bond donors (Lipinski definition) is 3. The summed E-state index contributed by atoms with van der Waals surface area (Å²) in [5.74, 6) is -2.01. The van der Waals surface area contributed by atoms with Gasteiger partial charge in [0.1, 0.15) is 18.0 Å². The van der Waals surface area contributed by atoms with Crippen molar-refractivity contribution < 1.29 is 36.7 Å². The van der Waals surface area contributed by atoms with E-state index in [9.17, 15) is 31.9 Å². The van der Waals surface area contributed by atoms with Crippen LogP contribution >= 0.6 is 0 Å². The maximum Gasteiger partial charge on any atom is 0.405 e. The molecule has 192 valence electrons. The van der Waals surface area contributed by atoms with Gasteiger partial charge in [-0.25, -0.2) is 4.68 Å². The monoisotopic (exact) mass is 502 g/mol. The molecule has 1 heterocycles. The van der Waals surface area contributed by atoms with E-state index in [0.717, 1.165) is 0 Å². The topological polar surface area (TPSA) is 141 Å². The van der Waals surface area contributed by atoms with Gasteiger partial charge >= 0.3 is 6.18 Å². The minimum atomic E-state index is -4.57. The lowest BCUT2D eigenvalue weighted by Gasteiger charge is -2.14. The zero-order valence-corrected chi connectivity index (χ0v) is 18.7. The standard InChI is InChI=1S/C21H26F4N6O4/c22-8-3-1-2-4-10-35-17-11-14(19(33)28-13-21(23,24)25)5-6-16(17)31-12-15(29-30-31)20(34)27-9-7-18(26)32/h5-6,11-12H,1-4,7-10,13H2,(H2,26,32)(H,27,34)(H,28,33). The summed E-state index contributed by atoms with van der Waals surface area (Å²) in [6, 6.07) is 3.94. The largest absolute Gasteiger partial charge is 0.491 e. The van der Waals surface area contributed by atoms with Crippen molar-refractivity contribution in [3.8, 4) is 11.4 Å². The Labute approximate surface area is 198 Å². The molecule has 0 saturated heterocycles. The lowest BCUT2D eigenvalue weighted by atomic mass is 10.1. The number of nitrogens with zero attached hydrogens (tertiary/aromatic N) is 3. The Morgan fingerprint density at radius 1 is 1.06 bits per heavy atom. The summed E-state index contributed by atoms with van der Waals surface area (Å²) < 4.78 is 56.5. The fourth-order valence-corrected chi connectivity index (χ4v) is 2.85. The number of nitrogens with one attached hydrogen (secondary N) is 2. The van der Waals surface area contributed by atoms with Crippen molar-refractivity contribution in [2.45, 2.75) is 38.3 Å². The number of aromatic nitrogens is 3. The average Bonchev–Trinajstić information content (AvgIpc) is 3.29. The fraction of sp³-hybridized carbons (Fsp3) is 0.476. The molecule has 2 aromatic rings. The van der Waals surface area contributed by atoms with Gasteiger partial charge in [-0.05, 0) is 37.5 Å². The van der Waals surface area contributed by atoms with Crippen LogP contribution in [0.4, 0.5) is 17.6 Å². The predicted molar refractivity (Wildman–Crippen MR) is 116 cm³/mol. The molecular weight excluding hydrogens is 476 g/mol. The quantitative estimate of drug-likeness (QED) is 0.267. The number of ether oxygens (including phenoxy) is 1. The van der Waals surface area contributed by atoms with E-state index in [4.69, 9.17) is 10.5 Å². The molecule has 0 aliphatic heterocycles. The van der Waals surface area contributed by atoms with Crippen LogP contribution in [-0.4, -0.2) is 65.3 Å². The van der Waals surface area contributed by atoms with Gasteiger partial charge in [-0.2, -0.15) is 13.2 Å². The number of benzene rings is 1. The summed E-state index contributed by atoms with van der Waals surface area (Å²) in [4.78, 5) is 35.1. The number of hydrogen-bond acceptors (Lipinski definition) is 6. The smallest absolute Gasteiger partial charge is 0.405 e. The Hall–Kier alpha value is -3.71. The Bertz CT molecular complexity index is 1010. The summed E-state index contributed by atoms with van der Waals surface area (Å²) in [7, 11) is 0. The van der Waals surface area contributed by atoms with Crippen LogP contribution in [0, 0.1) is 0 Å². The number of alkyl halides is 4. The van der Waals surface area contributed by atoms with Crippen LogP contribution in [-0.2, 0) is 4.79 Å². The first kappa shape index (κ1) is 27.5. The number of halogens is 4. The molecule has 0 radical (unpaired) electrons.